The van der Waals surface area contributed by atoms with Gasteiger partial charge >= 0.3 is 12.1 Å². The second kappa shape index (κ2) is 8.96. The van der Waals surface area contributed by atoms with Gasteiger partial charge in [0.25, 0.3) is 0 Å². The Bertz CT molecular complexity index is 879. The molecule has 10 heteroatoms. The molecular weight excluding hydrogens is 416 g/mol. The van der Waals surface area contributed by atoms with Crippen LogP contribution in [0.25, 0.3) is 0 Å². The average Bonchev–Trinajstić information content (AvgIpc) is 2.67. The third-order valence-corrected chi connectivity index (χ3v) is 4.67. The maximum atomic E-state index is 13.9. The summed E-state index contributed by atoms with van der Waals surface area (Å²) in [5.41, 5.74) is 0.709. The Balaban J connectivity index is 1.72. The minimum absolute atomic E-state index is 0.0786. The molecule has 2 heterocycles. The van der Waals surface area contributed by atoms with E-state index in [9.17, 15) is 22.4 Å². The van der Waals surface area contributed by atoms with Crippen LogP contribution in [0.15, 0.2) is 36.4 Å². The van der Waals surface area contributed by atoms with E-state index in [1.807, 2.05) is 0 Å². The molecule has 1 saturated heterocycles. The second-order valence-electron chi connectivity index (χ2n) is 6.47. The molecule has 2 atom stereocenters. The smallest absolute Gasteiger partial charge is 0.473 e. The van der Waals surface area contributed by atoms with E-state index in [0.29, 0.717) is 18.7 Å². The molecule has 1 aromatic heterocycles. The first-order valence-electron chi connectivity index (χ1n) is 8.76. The summed E-state index contributed by atoms with van der Waals surface area (Å²) in [6.07, 6.45) is -5.66. The minimum atomic E-state index is -5.07. The van der Waals surface area contributed by atoms with Gasteiger partial charge in [0.05, 0.1) is 5.69 Å². The van der Waals surface area contributed by atoms with Gasteiger partial charge in [-0.1, -0.05) is 23.7 Å². The Morgan fingerprint density at radius 3 is 2.79 bits per heavy atom. The molecule has 0 spiro atoms. The van der Waals surface area contributed by atoms with Crippen LogP contribution in [-0.4, -0.2) is 36.3 Å². The fourth-order valence-corrected chi connectivity index (χ4v) is 3.16. The average molecular weight is 433 g/mol. The number of hydrogen-bond donors (Lipinski definition) is 1. The first-order valence-corrected chi connectivity index (χ1v) is 9.14. The monoisotopic (exact) mass is 432 g/mol. The number of ether oxygens (including phenoxy) is 2. The molecule has 1 fully saturated rings. The number of esters is 1. The van der Waals surface area contributed by atoms with Gasteiger partial charge in [0.15, 0.2) is 0 Å². The maximum Gasteiger partial charge on any atom is 0.490 e. The van der Waals surface area contributed by atoms with E-state index in [1.54, 1.807) is 18.2 Å². The van der Waals surface area contributed by atoms with Gasteiger partial charge in [0, 0.05) is 29.1 Å². The molecule has 1 N–H and O–H groups in total. The lowest BCUT2D eigenvalue weighted by Crippen LogP contribution is -2.44. The van der Waals surface area contributed by atoms with Crippen molar-refractivity contribution in [1.82, 2.24) is 10.3 Å². The maximum absolute atomic E-state index is 13.9. The van der Waals surface area contributed by atoms with Gasteiger partial charge in [-0.2, -0.15) is 13.2 Å². The predicted octanol–water partition coefficient (Wildman–Crippen LogP) is 4.00. The van der Waals surface area contributed by atoms with Crippen LogP contribution >= 0.6 is 11.6 Å². The van der Waals surface area contributed by atoms with Crippen molar-refractivity contribution in [2.24, 2.45) is 0 Å². The lowest BCUT2D eigenvalue weighted by molar-refractivity contribution is -0.206. The summed E-state index contributed by atoms with van der Waals surface area (Å²) in [5, 5.41) is 3.17. The Labute approximate surface area is 169 Å². The zero-order valence-electron chi connectivity index (χ0n) is 15.0. The zero-order chi connectivity index (χ0) is 21.0. The number of carbonyl (C=O) groups excluding carboxylic acids is 1. The molecule has 156 valence electrons. The third-order valence-electron chi connectivity index (χ3n) is 4.43. The van der Waals surface area contributed by atoms with Gasteiger partial charge in [0.2, 0.25) is 5.88 Å². The molecule has 29 heavy (non-hydrogen) atoms. The highest BCUT2D eigenvalue weighted by molar-refractivity contribution is 6.30. The van der Waals surface area contributed by atoms with E-state index < -0.39 is 30.0 Å². The van der Waals surface area contributed by atoms with Crippen LogP contribution < -0.4 is 10.1 Å². The van der Waals surface area contributed by atoms with Gasteiger partial charge in [0.1, 0.15) is 18.5 Å². The lowest BCUT2D eigenvalue weighted by Gasteiger charge is -2.31. The second-order valence-corrected chi connectivity index (χ2v) is 6.90. The summed E-state index contributed by atoms with van der Waals surface area (Å²) in [6.45, 7) is 0.515. The van der Waals surface area contributed by atoms with Crippen molar-refractivity contribution >= 4 is 17.6 Å². The molecule has 1 aliphatic heterocycles. The van der Waals surface area contributed by atoms with Gasteiger partial charge in [-0.05, 0) is 31.2 Å². The molecule has 0 aliphatic carbocycles. The predicted molar refractivity (Wildman–Crippen MR) is 96.1 cm³/mol. The molecule has 1 aliphatic rings. The largest absolute Gasteiger partial charge is 0.490 e. The van der Waals surface area contributed by atoms with E-state index in [-0.39, 0.29) is 29.6 Å². The van der Waals surface area contributed by atoms with Crippen molar-refractivity contribution in [3.8, 4) is 5.88 Å². The quantitative estimate of drug-likeness (QED) is 0.571. The summed E-state index contributed by atoms with van der Waals surface area (Å²) >= 11 is 5.71. The van der Waals surface area contributed by atoms with Crippen LogP contribution in [0.3, 0.4) is 0 Å². The number of benzene rings is 1. The number of nitrogens with one attached hydrogen (secondary N) is 1. The van der Waals surface area contributed by atoms with Gasteiger partial charge < -0.3 is 14.8 Å². The normalized spacial score (nSPS) is 19.6. The number of carbonyl (C=O) groups is 1. The van der Waals surface area contributed by atoms with Crippen molar-refractivity contribution in [2.45, 2.75) is 31.2 Å². The highest BCUT2D eigenvalue weighted by Crippen LogP contribution is 2.30. The van der Waals surface area contributed by atoms with Crippen molar-refractivity contribution in [2.75, 3.05) is 13.1 Å². The topological polar surface area (TPSA) is 60.5 Å². The molecule has 2 aromatic rings. The van der Waals surface area contributed by atoms with Gasteiger partial charge in [-0.3, -0.25) is 0 Å². The molecule has 0 amide bonds. The third kappa shape index (κ3) is 5.57. The SMILES string of the molecule is O=C(O[C@H]1CNCC[C@@H]1c1cccc(OCc2ccc(Cl)cc2F)n1)C(F)(F)F. The summed E-state index contributed by atoms with van der Waals surface area (Å²) in [6, 6.07) is 8.98. The van der Waals surface area contributed by atoms with Crippen LogP contribution in [-0.2, 0) is 16.1 Å². The molecule has 0 unspecified atom stereocenters. The van der Waals surface area contributed by atoms with Crippen LogP contribution in [0.1, 0.15) is 23.6 Å². The van der Waals surface area contributed by atoms with Crippen molar-refractivity contribution < 1.29 is 31.8 Å². The Morgan fingerprint density at radius 2 is 2.07 bits per heavy atom. The van der Waals surface area contributed by atoms with Crippen LogP contribution in [0.4, 0.5) is 17.6 Å². The number of hydrogen-bond acceptors (Lipinski definition) is 5. The number of rotatable bonds is 5. The van der Waals surface area contributed by atoms with Crippen LogP contribution in [0.5, 0.6) is 5.88 Å². The highest BCUT2D eigenvalue weighted by Gasteiger charge is 2.44. The molecular formula is C19H17ClF4N2O3. The fraction of sp³-hybridized carbons (Fsp3) is 0.368. The number of halogens is 5. The minimum Gasteiger partial charge on any atom is -0.473 e. The summed E-state index contributed by atoms with van der Waals surface area (Å²) in [7, 11) is 0. The number of piperidine rings is 1. The van der Waals surface area contributed by atoms with Crippen LogP contribution in [0.2, 0.25) is 5.02 Å². The first kappa shape index (κ1) is 21.3. The Hall–Kier alpha value is -2.39. The first-order chi connectivity index (χ1) is 13.7. The van der Waals surface area contributed by atoms with Crippen molar-refractivity contribution in [3.63, 3.8) is 0 Å². The van der Waals surface area contributed by atoms with Crippen molar-refractivity contribution in [1.29, 1.82) is 0 Å². The highest BCUT2D eigenvalue weighted by atomic mass is 35.5. The molecule has 0 bridgehead atoms. The van der Waals surface area contributed by atoms with E-state index >= 15 is 0 Å². The Morgan fingerprint density at radius 1 is 1.28 bits per heavy atom. The Kier molecular flexibility index (Phi) is 6.59. The van der Waals surface area contributed by atoms with Crippen LogP contribution in [0, 0.1) is 5.82 Å². The number of alkyl halides is 3. The van der Waals surface area contributed by atoms with E-state index in [0.717, 1.165) is 0 Å². The number of pyridine rings is 1. The summed E-state index contributed by atoms with van der Waals surface area (Å²) in [5.74, 6) is -3.11. The molecule has 0 radical (unpaired) electrons. The molecule has 0 saturated carbocycles. The number of nitrogens with zero attached hydrogens (tertiary/aromatic N) is 1. The standard InChI is InChI=1S/C19H17ClF4N2O3/c20-12-5-4-11(14(21)8-12)10-28-17-3-1-2-15(26-17)13-6-7-25-9-16(13)29-18(27)19(22,23)24/h1-5,8,13,16,25H,6-7,9-10H2/t13-,16+/m1/s1. The summed E-state index contributed by atoms with van der Waals surface area (Å²) in [4.78, 5) is 15.5. The molecule has 5 nitrogen and oxygen atoms in total. The van der Waals surface area contributed by atoms with Crippen molar-refractivity contribution in [3.05, 3.63) is 58.5 Å². The lowest BCUT2D eigenvalue weighted by atomic mass is 9.91. The van der Waals surface area contributed by atoms with E-state index in [4.69, 9.17) is 16.3 Å². The molecule has 3 rings (SSSR count). The van der Waals surface area contributed by atoms with Gasteiger partial charge in [-0.15, -0.1) is 0 Å². The van der Waals surface area contributed by atoms with Gasteiger partial charge in [-0.25, -0.2) is 14.2 Å². The summed E-state index contributed by atoms with van der Waals surface area (Å²) < 4.78 is 61.7. The molecule has 1 aromatic carbocycles. The number of aromatic nitrogens is 1. The fourth-order valence-electron chi connectivity index (χ4n) is 3.00. The zero-order valence-corrected chi connectivity index (χ0v) is 15.8. The van der Waals surface area contributed by atoms with E-state index in [1.165, 1.54) is 18.2 Å². The van der Waals surface area contributed by atoms with E-state index in [2.05, 4.69) is 15.0 Å².